The van der Waals surface area contributed by atoms with Gasteiger partial charge in [0.15, 0.2) is 0 Å². The number of nitrogens with zero attached hydrogens (tertiary/aromatic N) is 2. The smallest absolute Gasteiger partial charge is 0.315 e. The van der Waals surface area contributed by atoms with E-state index in [4.69, 9.17) is 4.42 Å². The van der Waals surface area contributed by atoms with E-state index < -0.39 is 0 Å². The molecule has 1 fully saturated rings. The fourth-order valence-electron chi connectivity index (χ4n) is 2.84. The van der Waals surface area contributed by atoms with Crippen molar-refractivity contribution in [3.05, 3.63) is 5.89 Å². The second-order valence-corrected chi connectivity index (χ2v) is 5.85. The minimum absolute atomic E-state index is 0.566. The molecule has 0 bridgehead atoms. The molecule has 114 valence electrons. The van der Waals surface area contributed by atoms with Gasteiger partial charge in [-0.25, -0.2) is 0 Å². The second-order valence-electron chi connectivity index (χ2n) is 5.85. The lowest BCUT2D eigenvalue weighted by Crippen LogP contribution is -2.21. The van der Waals surface area contributed by atoms with Crippen molar-refractivity contribution in [1.29, 1.82) is 0 Å². The molecule has 1 aromatic heterocycles. The van der Waals surface area contributed by atoms with Gasteiger partial charge in [-0.2, -0.15) is 0 Å². The number of hydrogen-bond acceptors (Lipinski definition) is 5. The molecule has 1 saturated carbocycles. The van der Waals surface area contributed by atoms with E-state index in [2.05, 4.69) is 34.7 Å². The van der Waals surface area contributed by atoms with E-state index in [1.807, 2.05) is 0 Å². The van der Waals surface area contributed by atoms with Gasteiger partial charge in [-0.05, 0) is 37.6 Å². The summed E-state index contributed by atoms with van der Waals surface area (Å²) in [5, 5.41) is 14.6. The fourth-order valence-corrected chi connectivity index (χ4v) is 2.84. The van der Waals surface area contributed by atoms with E-state index >= 15 is 0 Å². The van der Waals surface area contributed by atoms with E-state index in [0.717, 1.165) is 31.3 Å². The van der Waals surface area contributed by atoms with Crippen molar-refractivity contribution in [3.63, 3.8) is 0 Å². The molecule has 0 saturated heterocycles. The molecule has 2 N–H and O–H groups in total. The number of hydrogen-bond donors (Lipinski definition) is 2. The van der Waals surface area contributed by atoms with Crippen molar-refractivity contribution in [2.45, 2.75) is 58.9 Å². The van der Waals surface area contributed by atoms with Crippen LogP contribution >= 0.6 is 0 Å². The molecule has 1 aliphatic carbocycles. The normalized spacial score (nSPS) is 22.9. The fraction of sp³-hybridized carbons (Fsp3) is 0.867. The minimum atomic E-state index is 0.566. The number of rotatable bonds is 8. The Labute approximate surface area is 121 Å². The third-order valence-corrected chi connectivity index (χ3v) is 4.26. The van der Waals surface area contributed by atoms with Crippen LogP contribution in [0.4, 0.5) is 6.01 Å². The zero-order valence-corrected chi connectivity index (χ0v) is 12.8. The summed E-state index contributed by atoms with van der Waals surface area (Å²) in [5.74, 6) is 2.37. The van der Waals surface area contributed by atoms with Gasteiger partial charge in [0.1, 0.15) is 0 Å². The van der Waals surface area contributed by atoms with Gasteiger partial charge in [0, 0.05) is 6.54 Å². The van der Waals surface area contributed by atoms with E-state index in [1.165, 1.54) is 32.1 Å². The molecular formula is C15H28N4O. The van der Waals surface area contributed by atoms with Crippen molar-refractivity contribution in [3.8, 4) is 0 Å². The monoisotopic (exact) mass is 280 g/mol. The molecule has 0 amide bonds. The SMILES string of the molecule is CCCNCc1nnc(NCC2CCC(CC)CC2)o1. The molecule has 0 aliphatic heterocycles. The Morgan fingerprint density at radius 2 is 1.85 bits per heavy atom. The summed E-state index contributed by atoms with van der Waals surface area (Å²) < 4.78 is 5.57. The summed E-state index contributed by atoms with van der Waals surface area (Å²) in [6.07, 6.45) is 7.84. The Bertz CT molecular complexity index is 372. The van der Waals surface area contributed by atoms with Gasteiger partial charge in [0.05, 0.1) is 6.54 Å². The van der Waals surface area contributed by atoms with Crippen LogP contribution in [-0.4, -0.2) is 23.3 Å². The zero-order chi connectivity index (χ0) is 14.2. The first-order valence-corrected chi connectivity index (χ1v) is 8.08. The van der Waals surface area contributed by atoms with Gasteiger partial charge in [-0.15, -0.1) is 5.10 Å². The van der Waals surface area contributed by atoms with Crippen LogP contribution in [0.5, 0.6) is 0 Å². The van der Waals surface area contributed by atoms with Crippen molar-refractivity contribution in [2.75, 3.05) is 18.4 Å². The Kier molecular flexibility index (Phi) is 6.30. The molecule has 2 rings (SSSR count). The average molecular weight is 280 g/mol. The molecule has 1 aliphatic rings. The number of nitrogens with one attached hydrogen (secondary N) is 2. The summed E-state index contributed by atoms with van der Waals surface area (Å²) in [6.45, 7) is 7.03. The molecule has 0 radical (unpaired) electrons. The van der Waals surface area contributed by atoms with Crippen LogP contribution in [0.3, 0.4) is 0 Å². The van der Waals surface area contributed by atoms with Crippen molar-refractivity contribution in [1.82, 2.24) is 15.5 Å². The van der Waals surface area contributed by atoms with Crippen LogP contribution in [0.1, 0.15) is 58.3 Å². The maximum absolute atomic E-state index is 5.57. The first-order valence-electron chi connectivity index (χ1n) is 8.08. The van der Waals surface area contributed by atoms with Crippen LogP contribution < -0.4 is 10.6 Å². The number of aromatic nitrogens is 2. The van der Waals surface area contributed by atoms with E-state index in [0.29, 0.717) is 18.5 Å². The standard InChI is InChI=1S/C15H28N4O/c1-3-9-16-11-14-18-19-15(20-14)17-10-13-7-5-12(4-2)6-8-13/h12-13,16H,3-11H2,1-2H3,(H,17,19). The largest absolute Gasteiger partial charge is 0.407 e. The predicted molar refractivity (Wildman–Crippen MR) is 80.5 cm³/mol. The Morgan fingerprint density at radius 3 is 2.55 bits per heavy atom. The summed E-state index contributed by atoms with van der Waals surface area (Å²) in [4.78, 5) is 0. The summed E-state index contributed by atoms with van der Waals surface area (Å²) in [5.41, 5.74) is 0. The van der Waals surface area contributed by atoms with Crippen LogP contribution in [0.2, 0.25) is 0 Å². The van der Waals surface area contributed by atoms with Crippen molar-refractivity contribution >= 4 is 6.01 Å². The maximum atomic E-state index is 5.57. The topological polar surface area (TPSA) is 63.0 Å². The highest BCUT2D eigenvalue weighted by atomic mass is 16.4. The molecule has 0 atom stereocenters. The molecule has 1 aromatic rings. The van der Waals surface area contributed by atoms with Gasteiger partial charge in [0.2, 0.25) is 5.89 Å². The van der Waals surface area contributed by atoms with Crippen molar-refractivity contribution < 1.29 is 4.42 Å². The summed E-state index contributed by atoms with van der Waals surface area (Å²) >= 11 is 0. The maximum Gasteiger partial charge on any atom is 0.315 e. The molecule has 0 spiro atoms. The Balaban J connectivity index is 1.66. The van der Waals surface area contributed by atoms with E-state index in [9.17, 15) is 0 Å². The molecule has 20 heavy (non-hydrogen) atoms. The predicted octanol–water partition coefficient (Wildman–Crippen LogP) is 3.20. The van der Waals surface area contributed by atoms with Gasteiger partial charge in [0.25, 0.3) is 0 Å². The highest BCUT2D eigenvalue weighted by Gasteiger charge is 2.20. The van der Waals surface area contributed by atoms with Crippen LogP contribution in [0.25, 0.3) is 0 Å². The molecule has 0 aromatic carbocycles. The van der Waals surface area contributed by atoms with Crippen molar-refractivity contribution in [2.24, 2.45) is 11.8 Å². The summed E-state index contributed by atoms with van der Waals surface area (Å²) in [7, 11) is 0. The van der Waals surface area contributed by atoms with Gasteiger partial charge in [-0.3, -0.25) is 0 Å². The average Bonchev–Trinajstić information content (AvgIpc) is 2.94. The van der Waals surface area contributed by atoms with E-state index in [-0.39, 0.29) is 0 Å². The highest BCUT2D eigenvalue weighted by molar-refractivity contribution is 5.16. The molecule has 0 unspecified atom stereocenters. The first kappa shape index (κ1) is 15.3. The second kappa shape index (κ2) is 8.25. The highest BCUT2D eigenvalue weighted by Crippen LogP contribution is 2.30. The quantitative estimate of drug-likeness (QED) is 0.716. The van der Waals surface area contributed by atoms with Gasteiger partial charge in [-0.1, -0.05) is 38.2 Å². The Morgan fingerprint density at radius 1 is 1.10 bits per heavy atom. The minimum Gasteiger partial charge on any atom is -0.407 e. The lowest BCUT2D eigenvalue weighted by atomic mass is 9.81. The van der Waals surface area contributed by atoms with Gasteiger partial charge < -0.3 is 15.1 Å². The van der Waals surface area contributed by atoms with Crippen LogP contribution in [0, 0.1) is 11.8 Å². The lowest BCUT2D eigenvalue weighted by Gasteiger charge is -2.27. The van der Waals surface area contributed by atoms with Crippen LogP contribution in [-0.2, 0) is 6.54 Å². The first-order chi connectivity index (χ1) is 9.81. The van der Waals surface area contributed by atoms with E-state index in [1.54, 1.807) is 0 Å². The number of anilines is 1. The molecule has 1 heterocycles. The van der Waals surface area contributed by atoms with Gasteiger partial charge >= 0.3 is 6.01 Å². The Hall–Kier alpha value is -1.10. The third kappa shape index (κ3) is 4.78. The zero-order valence-electron chi connectivity index (χ0n) is 12.8. The molecular weight excluding hydrogens is 252 g/mol. The summed E-state index contributed by atoms with van der Waals surface area (Å²) in [6, 6.07) is 0.566. The van der Waals surface area contributed by atoms with Crippen LogP contribution in [0.15, 0.2) is 4.42 Å². The molecule has 5 nitrogen and oxygen atoms in total. The third-order valence-electron chi connectivity index (χ3n) is 4.26. The lowest BCUT2D eigenvalue weighted by molar-refractivity contribution is 0.277. The molecule has 5 heteroatoms.